The molecule has 0 saturated carbocycles. The number of hydrogen-bond acceptors (Lipinski definition) is 3. The zero-order valence-electron chi connectivity index (χ0n) is 10.7. The first-order chi connectivity index (χ1) is 8.06. The molecule has 1 aromatic carbocycles. The van der Waals surface area contributed by atoms with Crippen molar-refractivity contribution < 1.29 is 14.3 Å². The van der Waals surface area contributed by atoms with Crippen LogP contribution in [-0.4, -0.2) is 26.7 Å². The van der Waals surface area contributed by atoms with Crippen molar-refractivity contribution in [3.8, 4) is 11.5 Å². The second-order valence-electron chi connectivity index (χ2n) is 4.21. The summed E-state index contributed by atoms with van der Waals surface area (Å²) in [6.45, 7) is 4.75. The van der Waals surface area contributed by atoms with Crippen molar-refractivity contribution in [1.82, 2.24) is 5.32 Å². The van der Waals surface area contributed by atoms with Gasteiger partial charge in [-0.2, -0.15) is 0 Å². The number of methoxy groups -OCH3 is 2. The summed E-state index contributed by atoms with van der Waals surface area (Å²) in [4.78, 5) is 11.9. The fourth-order valence-electron chi connectivity index (χ4n) is 1.34. The van der Waals surface area contributed by atoms with Crippen LogP contribution in [0.5, 0.6) is 11.5 Å². The molecule has 0 atom stereocenters. The van der Waals surface area contributed by atoms with Crippen LogP contribution >= 0.6 is 0 Å². The number of rotatable bonds is 5. The Morgan fingerprint density at radius 1 is 1.18 bits per heavy atom. The van der Waals surface area contributed by atoms with E-state index in [4.69, 9.17) is 9.47 Å². The van der Waals surface area contributed by atoms with Crippen molar-refractivity contribution in [2.75, 3.05) is 20.8 Å². The predicted octanol–water partition coefficient (Wildman–Crippen LogP) is 2.09. The van der Waals surface area contributed by atoms with E-state index >= 15 is 0 Å². The molecule has 0 fully saturated rings. The Labute approximate surface area is 102 Å². The maximum absolute atomic E-state index is 11.9. The molecule has 0 spiro atoms. The van der Waals surface area contributed by atoms with Crippen molar-refractivity contribution in [1.29, 1.82) is 0 Å². The topological polar surface area (TPSA) is 47.6 Å². The van der Waals surface area contributed by atoms with E-state index in [0.717, 1.165) is 0 Å². The molecule has 94 valence electrons. The van der Waals surface area contributed by atoms with Crippen molar-refractivity contribution in [3.63, 3.8) is 0 Å². The van der Waals surface area contributed by atoms with Crippen molar-refractivity contribution in [2.24, 2.45) is 5.92 Å². The summed E-state index contributed by atoms with van der Waals surface area (Å²) in [5.41, 5.74) is 0.543. The number of hydrogen-bond donors (Lipinski definition) is 1. The second kappa shape index (κ2) is 6.13. The van der Waals surface area contributed by atoms with Gasteiger partial charge in [0.15, 0.2) is 0 Å². The van der Waals surface area contributed by atoms with E-state index in [1.807, 2.05) is 13.8 Å². The van der Waals surface area contributed by atoms with E-state index in [1.54, 1.807) is 32.4 Å². The monoisotopic (exact) mass is 237 g/mol. The van der Waals surface area contributed by atoms with E-state index in [0.29, 0.717) is 29.5 Å². The summed E-state index contributed by atoms with van der Waals surface area (Å²) in [5.74, 6) is 1.53. The summed E-state index contributed by atoms with van der Waals surface area (Å²) in [6, 6.07) is 5.12. The molecular weight excluding hydrogens is 218 g/mol. The highest BCUT2D eigenvalue weighted by Crippen LogP contribution is 2.22. The Bertz CT molecular complexity index is 366. The summed E-state index contributed by atoms with van der Waals surface area (Å²) in [5, 5.41) is 2.85. The Morgan fingerprint density at radius 2 is 1.71 bits per heavy atom. The highest BCUT2D eigenvalue weighted by molar-refractivity contribution is 5.95. The van der Waals surface area contributed by atoms with E-state index in [2.05, 4.69) is 5.32 Å². The Hall–Kier alpha value is -1.71. The van der Waals surface area contributed by atoms with Crippen LogP contribution in [0, 0.1) is 5.92 Å². The number of amides is 1. The molecule has 0 aliphatic rings. The van der Waals surface area contributed by atoms with Crippen LogP contribution in [0.3, 0.4) is 0 Å². The van der Waals surface area contributed by atoms with Gasteiger partial charge in [0.2, 0.25) is 0 Å². The molecular formula is C13H19NO3. The molecule has 0 saturated heterocycles. The molecule has 0 heterocycles. The van der Waals surface area contributed by atoms with Crippen LogP contribution in [0.1, 0.15) is 24.2 Å². The molecule has 1 N–H and O–H groups in total. The third-order valence-electron chi connectivity index (χ3n) is 2.28. The molecule has 1 rings (SSSR count). The lowest BCUT2D eigenvalue weighted by atomic mass is 10.1. The van der Waals surface area contributed by atoms with E-state index < -0.39 is 0 Å². The quantitative estimate of drug-likeness (QED) is 0.853. The van der Waals surface area contributed by atoms with Crippen LogP contribution in [0.2, 0.25) is 0 Å². The maximum atomic E-state index is 11.9. The van der Waals surface area contributed by atoms with Gasteiger partial charge in [-0.1, -0.05) is 13.8 Å². The number of benzene rings is 1. The Balaban J connectivity index is 2.84. The third kappa shape index (κ3) is 3.98. The number of nitrogens with one attached hydrogen (secondary N) is 1. The molecule has 1 amide bonds. The number of ether oxygens (including phenoxy) is 2. The molecule has 0 radical (unpaired) electrons. The van der Waals surface area contributed by atoms with E-state index in [-0.39, 0.29) is 5.91 Å². The third-order valence-corrected chi connectivity index (χ3v) is 2.28. The molecule has 17 heavy (non-hydrogen) atoms. The maximum Gasteiger partial charge on any atom is 0.251 e. The van der Waals surface area contributed by atoms with Crippen molar-refractivity contribution >= 4 is 5.91 Å². The molecule has 4 heteroatoms. The normalized spacial score (nSPS) is 10.2. The molecule has 0 aliphatic heterocycles. The van der Waals surface area contributed by atoms with Crippen molar-refractivity contribution in [2.45, 2.75) is 13.8 Å². The van der Waals surface area contributed by atoms with Crippen LogP contribution in [0.15, 0.2) is 18.2 Å². The standard InChI is InChI=1S/C13H19NO3/c1-9(2)8-14-13(15)10-5-11(16-3)7-12(6-10)17-4/h5-7,9H,8H2,1-4H3,(H,14,15). The summed E-state index contributed by atoms with van der Waals surface area (Å²) >= 11 is 0. The first-order valence-electron chi connectivity index (χ1n) is 5.58. The van der Waals surface area contributed by atoms with Gasteiger partial charge in [-0.05, 0) is 18.1 Å². The predicted molar refractivity (Wildman–Crippen MR) is 66.7 cm³/mol. The van der Waals surface area contributed by atoms with Crippen LogP contribution in [-0.2, 0) is 0 Å². The Kier molecular flexibility index (Phi) is 4.82. The van der Waals surface area contributed by atoms with Crippen LogP contribution < -0.4 is 14.8 Å². The molecule has 0 aliphatic carbocycles. The van der Waals surface area contributed by atoms with Gasteiger partial charge < -0.3 is 14.8 Å². The summed E-state index contributed by atoms with van der Waals surface area (Å²) in [7, 11) is 3.12. The smallest absolute Gasteiger partial charge is 0.251 e. The van der Waals surface area contributed by atoms with Gasteiger partial charge in [-0.25, -0.2) is 0 Å². The zero-order valence-corrected chi connectivity index (χ0v) is 10.7. The first-order valence-corrected chi connectivity index (χ1v) is 5.58. The lowest BCUT2D eigenvalue weighted by Crippen LogP contribution is -2.27. The van der Waals surface area contributed by atoms with Gasteiger partial charge in [0.1, 0.15) is 11.5 Å². The Morgan fingerprint density at radius 3 is 2.12 bits per heavy atom. The van der Waals surface area contributed by atoms with Gasteiger partial charge in [0, 0.05) is 18.2 Å². The van der Waals surface area contributed by atoms with E-state index in [1.165, 1.54) is 0 Å². The summed E-state index contributed by atoms with van der Waals surface area (Å²) < 4.78 is 10.2. The minimum atomic E-state index is -0.115. The number of carbonyl (C=O) groups is 1. The largest absolute Gasteiger partial charge is 0.497 e. The molecule has 4 nitrogen and oxygen atoms in total. The van der Waals surface area contributed by atoms with Gasteiger partial charge in [0.25, 0.3) is 5.91 Å². The van der Waals surface area contributed by atoms with Crippen LogP contribution in [0.4, 0.5) is 0 Å². The molecule has 0 unspecified atom stereocenters. The highest BCUT2D eigenvalue weighted by atomic mass is 16.5. The molecule has 1 aromatic rings. The lowest BCUT2D eigenvalue weighted by Gasteiger charge is -2.10. The molecule has 0 bridgehead atoms. The first kappa shape index (κ1) is 13.4. The average molecular weight is 237 g/mol. The SMILES string of the molecule is COc1cc(OC)cc(C(=O)NCC(C)C)c1. The lowest BCUT2D eigenvalue weighted by molar-refractivity contribution is 0.0948. The zero-order chi connectivity index (χ0) is 12.8. The minimum absolute atomic E-state index is 0.115. The van der Waals surface area contributed by atoms with Crippen molar-refractivity contribution in [3.05, 3.63) is 23.8 Å². The van der Waals surface area contributed by atoms with Gasteiger partial charge in [-0.3, -0.25) is 4.79 Å². The van der Waals surface area contributed by atoms with Gasteiger partial charge in [0.05, 0.1) is 14.2 Å². The highest BCUT2D eigenvalue weighted by Gasteiger charge is 2.09. The second-order valence-corrected chi connectivity index (χ2v) is 4.21. The van der Waals surface area contributed by atoms with Crippen LogP contribution in [0.25, 0.3) is 0 Å². The molecule has 0 aromatic heterocycles. The van der Waals surface area contributed by atoms with Gasteiger partial charge in [-0.15, -0.1) is 0 Å². The van der Waals surface area contributed by atoms with Gasteiger partial charge >= 0.3 is 0 Å². The minimum Gasteiger partial charge on any atom is -0.497 e. The fourth-order valence-corrected chi connectivity index (χ4v) is 1.34. The van der Waals surface area contributed by atoms with E-state index in [9.17, 15) is 4.79 Å². The fraction of sp³-hybridized carbons (Fsp3) is 0.462. The number of carbonyl (C=O) groups excluding carboxylic acids is 1. The average Bonchev–Trinajstić information content (AvgIpc) is 2.34. The summed E-state index contributed by atoms with van der Waals surface area (Å²) in [6.07, 6.45) is 0.